The number of fused-ring (bicyclic) bond motifs is 1. The summed E-state index contributed by atoms with van der Waals surface area (Å²) in [6.45, 7) is 0.108. The smallest absolute Gasteiger partial charge is 0.386 e. The van der Waals surface area contributed by atoms with Crippen LogP contribution in [0.15, 0.2) is 24.1 Å². The van der Waals surface area contributed by atoms with E-state index in [9.17, 15) is 68.1 Å². The molecule has 2 aromatic heterocycles. The van der Waals surface area contributed by atoms with Gasteiger partial charge >= 0.3 is 23.5 Å². The van der Waals surface area contributed by atoms with Crippen molar-refractivity contribution in [3.63, 3.8) is 0 Å². The number of ether oxygens (including phenoxy) is 1. The third-order valence-corrected chi connectivity index (χ3v) is 12.2. The van der Waals surface area contributed by atoms with Crippen LogP contribution in [-0.2, 0) is 50.7 Å². The number of phosphoric ester groups is 3. The van der Waals surface area contributed by atoms with Crippen molar-refractivity contribution < 1.29 is 90.7 Å². The van der Waals surface area contributed by atoms with Gasteiger partial charge < -0.3 is 61.1 Å². The predicted octanol–water partition coefficient (Wildman–Crippen LogP) is -1.74. The van der Waals surface area contributed by atoms with Crippen molar-refractivity contribution in [2.75, 3.05) is 44.0 Å². The van der Waals surface area contributed by atoms with Gasteiger partial charge in [0, 0.05) is 30.7 Å². The number of nitrogens with one attached hydrogen (secondary N) is 2. The highest BCUT2D eigenvalue weighted by Gasteiger charge is 2.50. The molecular weight excluding hydrogens is 883 g/mol. The van der Waals surface area contributed by atoms with E-state index in [0.717, 1.165) is 17.2 Å². The number of hydrogen-bond acceptors (Lipinski definition) is 21. The van der Waals surface area contributed by atoms with Gasteiger partial charge in [-0.3, -0.25) is 32.5 Å². The number of carbonyl (C=O) groups is 3. The lowest BCUT2D eigenvalue weighted by atomic mass is 9.87. The first-order valence-electron chi connectivity index (χ1n) is 16.5. The second kappa shape index (κ2) is 21.4. The molecule has 1 fully saturated rings. The first-order valence-corrected chi connectivity index (χ1v) is 23.3. The number of aliphatic hydroxyl groups is 4. The molecule has 328 valence electrons. The van der Waals surface area contributed by atoms with Crippen molar-refractivity contribution >= 4 is 80.9 Å². The van der Waals surface area contributed by atoms with Crippen LogP contribution < -0.4 is 16.4 Å². The normalized spacial score (nSPS) is 22.6. The van der Waals surface area contributed by atoms with Gasteiger partial charge in [0.1, 0.15) is 42.4 Å². The maximum Gasteiger partial charge on any atom is 0.481 e. The molecule has 0 radical (unpaired) electrons. The van der Waals surface area contributed by atoms with Crippen LogP contribution in [0, 0.1) is 5.41 Å². The Hall–Kier alpha value is -2.43. The molecule has 1 saturated heterocycles. The number of hydrogen-bond donors (Lipinski definition) is 11. The largest absolute Gasteiger partial charge is 0.481 e. The predicted molar refractivity (Wildman–Crippen MR) is 202 cm³/mol. The van der Waals surface area contributed by atoms with Gasteiger partial charge in [0.25, 0.3) is 0 Å². The molecule has 0 aliphatic carbocycles. The molecule has 1 aliphatic heterocycles. The van der Waals surface area contributed by atoms with Crippen LogP contribution in [0.3, 0.4) is 0 Å². The summed E-state index contributed by atoms with van der Waals surface area (Å²) in [7, 11) is -16.5. The summed E-state index contributed by atoms with van der Waals surface area (Å²) >= 11 is 1.96. The Kier molecular flexibility index (Phi) is 18.4. The number of aliphatic hydroxyl groups excluding tert-OH is 4. The molecule has 2 aromatic rings. The van der Waals surface area contributed by atoms with Crippen molar-refractivity contribution in [1.82, 2.24) is 30.2 Å². The summed E-state index contributed by atoms with van der Waals surface area (Å²) in [6.07, 6.45) is -7.19. The first kappa shape index (κ1) is 49.9. The highest BCUT2D eigenvalue weighted by atomic mass is 32.2. The maximum absolute atomic E-state index is 12.7. The van der Waals surface area contributed by atoms with Gasteiger partial charge in [-0.25, -0.2) is 28.6 Å². The first-order chi connectivity index (χ1) is 26.9. The Morgan fingerprint density at radius 1 is 1.05 bits per heavy atom. The summed E-state index contributed by atoms with van der Waals surface area (Å²) in [4.78, 5) is 87.5. The highest BCUT2D eigenvalue weighted by Crippen LogP contribution is 2.61. The minimum Gasteiger partial charge on any atom is -0.386 e. The van der Waals surface area contributed by atoms with Crippen LogP contribution in [0.5, 0.6) is 0 Å². The van der Waals surface area contributed by atoms with Crippen molar-refractivity contribution in [2.45, 2.75) is 63.1 Å². The van der Waals surface area contributed by atoms with Gasteiger partial charge in [-0.15, -0.1) is 11.8 Å². The number of nitrogens with zero attached hydrogens (tertiary/aromatic N) is 4. The number of nitrogens with two attached hydrogens (primary N) is 1. The van der Waals surface area contributed by atoms with E-state index in [4.69, 9.17) is 19.5 Å². The highest BCUT2D eigenvalue weighted by molar-refractivity contribution is 8.13. The lowest BCUT2D eigenvalue weighted by Gasteiger charge is -2.30. The molecule has 3 rings (SSSR count). The van der Waals surface area contributed by atoms with E-state index in [1.165, 1.54) is 37.1 Å². The number of phosphoric acid groups is 3. The van der Waals surface area contributed by atoms with Crippen molar-refractivity contribution in [1.29, 1.82) is 0 Å². The summed E-state index contributed by atoms with van der Waals surface area (Å²) in [5.74, 6) is -1.55. The summed E-state index contributed by atoms with van der Waals surface area (Å²) in [6, 6.07) is 0. The van der Waals surface area contributed by atoms with Gasteiger partial charge in [0.15, 0.2) is 23.8 Å². The molecule has 12 N–H and O–H groups in total. The van der Waals surface area contributed by atoms with E-state index in [1.807, 2.05) is 0 Å². The quantitative estimate of drug-likeness (QED) is 0.0435. The second-order valence-corrected chi connectivity index (χ2v) is 18.8. The molecule has 3 heterocycles. The van der Waals surface area contributed by atoms with E-state index in [2.05, 4.69) is 34.4 Å². The second-order valence-electron chi connectivity index (χ2n) is 12.7. The molecule has 1 aliphatic rings. The Balaban J connectivity index is 1.47. The number of nitrogen functional groups attached to an aromatic ring is 1. The number of thioether (sulfide) groups is 2. The molecule has 9 unspecified atom stereocenters. The third kappa shape index (κ3) is 14.9. The SMILES string of the molecule is CS/C=C/C(O)C(O)C(=O)SCCNC(=O)CCNC(=O)C(O)C(C)(C)COP(=O)(O)OP(=O)(O)OCC1OC(n2cnc3c(N)ncnc32)C(O)C1OP(=O)(O)O. The van der Waals surface area contributed by atoms with Crippen LogP contribution in [-0.4, -0.2) is 151 Å². The molecule has 0 bridgehead atoms. The van der Waals surface area contributed by atoms with Gasteiger partial charge in [-0.05, 0) is 17.7 Å². The molecule has 0 aromatic carbocycles. The number of imidazole rings is 1. The number of aromatic nitrogens is 4. The number of amides is 2. The molecule has 26 nitrogen and oxygen atoms in total. The minimum atomic E-state index is -5.59. The van der Waals surface area contributed by atoms with E-state index < -0.39 is 102 Å². The zero-order chi connectivity index (χ0) is 43.6. The summed E-state index contributed by atoms with van der Waals surface area (Å²) < 4.78 is 62.0. The van der Waals surface area contributed by atoms with Crippen LogP contribution in [0.2, 0.25) is 0 Å². The monoisotopic (exact) mass is 927 g/mol. The minimum absolute atomic E-state index is 0.00852. The molecule has 0 saturated carbocycles. The van der Waals surface area contributed by atoms with E-state index >= 15 is 0 Å². The van der Waals surface area contributed by atoms with Crippen molar-refractivity contribution in [3.8, 4) is 0 Å². The maximum atomic E-state index is 12.7. The fourth-order valence-electron chi connectivity index (χ4n) is 4.77. The average molecular weight is 928 g/mol. The molecule has 2 amide bonds. The van der Waals surface area contributed by atoms with Crippen LogP contribution in [0.4, 0.5) is 5.82 Å². The van der Waals surface area contributed by atoms with Gasteiger partial charge in [0.05, 0.1) is 19.5 Å². The summed E-state index contributed by atoms with van der Waals surface area (Å²) in [5, 5.41) is 46.6. The fourth-order valence-corrected chi connectivity index (χ4v) is 8.63. The average Bonchev–Trinajstić information content (AvgIpc) is 3.69. The standard InChI is InChI=1S/C27H44N7O19P3S2/c1-27(2,21(39)24(40)30-6-4-16(36)29-7-9-58-26(41)18(37)14(35)5-8-57-3)11-50-56(47,48)53-55(45,46)49-10-15-20(52-54(42,43)44)19(38)25(51-15)34-13-33-17-22(28)31-12-32-23(17)34/h5,8,12-15,18-21,25,35,37-39H,4,6-7,9-11H2,1-3H3,(H,29,36)(H,30,40)(H,45,46)(H,47,48)(H2,28,31,32)(H2,42,43,44)/b8-5+. The lowest BCUT2D eigenvalue weighted by Crippen LogP contribution is -2.46. The topological polar surface area (TPSA) is 404 Å². The molecular formula is C27H44N7O19P3S2. The van der Waals surface area contributed by atoms with E-state index in [0.29, 0.717) is 11.8 Å². The number of rotatable bonds is 23. The number of carbonyl (C=O) groups excluding carboxylic acids is 3. The van der Waals surface area contributed by atoms with Gasteiger partial charge in [0.2, 0.25) is 16.9 Å². The fraction of sp³-hybridized carbons (Fsp3) is 0.630. The van der Waals surface area contributed by atoms with Crippen LogP contribution in [0.1, 0.15) is 26.5 Å². The summed E-state index contributed by atoms with van der Waals surface area (Å²) in [5.41, 5.74) is 4.19. The molecule has 31 heteroatoms. The molecule has 9 atom stereocenters. The molecule has 0 spiro atoms. The van der Waals surface area contributed by atoms with E-state index in [-0.39, 0.29) is 42.2 Å². The zero-order valence-corrected chi connectivity index (χ0v) is 35.0. The Morgan fingerprint density at radius 2 is 1.72 bits per heavy atom. The van der Waals surface area contributed by atoms with Crippen LogP contribution >= 0.6 is 47.0 Å². The zero-order valence-electron chi connectivity index (χ0n) is 30.7. The number of anilines is 1. The Morgan fingerprint density at radius 3 is 2.38 bits per heavy atom. The Labute approximate surface area is 337 Å². The van der Waals surface area contributed by atoms with Gasteiger partial charge in [-0.1, -0.05) is 25.6 Å². The van der Waals surface area contributed by atoms with Crippen LogP contribution in [0.25, 0.3) is 11.2 Å². The van der Waals surface area contributed by atoms with Crippen molar-refractivity contribution in [3.05, 3.63) is 24.1 Å². The Bertz CT molecular complexity index is 1920. The third-order valence-electron chi connectivity index (χ3n) is 7.72. The van der Waals surface area contributed by atoms with Crippen molar-refractivity contribution in [2.24, 2.45) is 5.41 Å². The van der Waals surface area contributed by atoms with Gasteiger partial charge in [-0.2, -0.15) is 4.31 Å². The van der Waals surface area contributed by atoms with E-state index in [1.54, 1.807) is 6.26 Å². The molecule has 58 heavy (non-hydrogen) atoms. The lowest BCUT2D eigenvalue weighted by molar-refractivity contribution is -0.137.